The maximum absolute atomic E-state index is 13.6. The van der Waals surface area contributed by atoms with Gasteiger partial charge >= 0.3 is 0 Å². The summed E-state index contributed by atoms with van der Waals surface area (Å²) in [4.78, 5) is 44.7. The van der Waals surface area contributed by atoms with Crippen molar-refractivity contribution in [3.05, 3.63) is 18.3 Å². The van der Waals surface area contributed by atoms with Crippen molar-refractivity contribution in [2.75, 3.05) is 11.9 Å². The Morgan fingerprint density at radius 1 is 1.19 bits per heavy atom. The molecule has 2 fully saturated rings. The molecule has 8 heteroatoms. The van der Waals surface area contributed by atoms with E-state index in [2.05, 4.69) is 15.6 Å². The van der Waals surface area contributed by atoms with Gasteiger partial charge in [-0.05, 0) is 50.2 Å². The van der Waals surface area contributed by atoms with Crippen molar-refractivity contribution in [3.63, 3.8) is 0 Å². The van der Waals surface area contributed by atoms with Crippen LogP contribution in [-0.4, -0.2) is 51.3 Å². The minimum Gasteiger partial charge on any atom is -0.504 e. The number of amides is 3. The smallest absolute Gasteiger partial charge is 0.248 e. The zero-order valence-electron chi connectivity index (χ0n) is 18.5. The van der Waals surface area contributed by atoms with E-state index in [9.17, 15) is 19.5 Å². The average Bonchev–Trinajstić information content (AvgIpc) is 3.28. The summed E-state index contributed by atoms with van der Waals surface area (Å²) < 4.78 is 0. The summed E-state index contributed by atoms with van der Waals surface area (Å²) in [5.41, 5.74) is 0. The molecular weight excluding hydrogens is 396 g/mol. The fourth-order valence-electron chi connectivity index (χ4n) is 4.50. The summed E-state index contributed by atoms with van der Waals surface area (Å²) in [5, 5.41) is 15.6. The van der Waals surface area contributed by atoms with Crippen LogP contribution in [0.15, 0.2) is 18.3 Å². The van der Waals surface area contributed by atoms with Crippen LogP contribution in [-0.2, 0) is 14.4 Å². The quantitative estimate of drug-likeness (QED) is 0.616. The number of hydrogen-bond acceptors (Lipinski definition) is 5. The first-order valence-electron chi connectivity index (χ1n) is 11.5. The second-order valence-electron chi connectivity index (χ2n) is 8.74. The van der Waals surface area contributed by atoms with Crippen molar-refractivity contribution in [2.45, 2.75) is 77.3 Å². The molecule has 3 rings (SSSR count). The highest BCUT2D eigenvalue weighted by atomic mass is 16.3. The van der Waals surface area contributed by atoms with Gasteiger partial charge in [0.05, 0.1) is 0 Å². The monoisotopic (exact) mass is 430 g/mol. The van der Waals surface area contributed by atoms with Crippen LogP contribution < -0.4 is 10.6 Å². The van der Waals surface area contributed by atoms with Gasteiger partial charge in [-0.15, -0.1) is 0 Å². The Morgan fingerprint density at radius 3 is 2.61 bits per heavy atom. The van der Waals surface area contributed by atoms with E-state index in [4.69, 9.17) is 0 Å². The molecule has 0 spiro atoms. The summed E-state index contributed by atoms with van der Waals surface area (Å²) >= 11 is 0. The SMILES string of the molecule is CC[C@@H](C)C(=O)N[C@H](C(=O)N1CCC[C@H]1C(=O)Nc1ncccc1O)C1CCCCC1. The van der Waals surface area contributed by atoms with Crippen LogP contribution in [0.25, 0.3) is 0 Å². The number of likely N-dealkylation sites (tertiary alicyclic amines) is 1. The second kappa shape index (κ2) is 10.6. The normalized spacial score (nSPS) is 21.4. The number of nitrogens with one attached hydrogen (secondary N) is 2. The fourth-order valence-corrected chi connectivity index (χ4v) is 4.50. The van der Waals surface area contributed by atoms with E-state index in [-0.39, 0.29) is 41.1 Å². The van der Waals surface area contributed by atoms with E-state index < -0.39 is 12.1 Å². The van der Waals surface area contributed by atoms with E-state index in [0.29, 0.717) is 25.8 Å². The van der Waals surface area contributed by atoms with Crippen molar-refractivity contribution in [3.8, 4) is 5.75 Å². The van der Waals surface area contributed by atoms with E-state index in [1.807, 2.05) is 13.8 Å². The molecule has 2 aliphatic rings. The summed E-state index contributed by atoms with van der Waals surface area (Å²) in [6.45, 7) is 4.30. The van der Waals surface area contributed by atoms with Gasteiger partial charge in [-0.2, -0.15) is 0 Å². The Labute approximate surface area is 183 Å². The predicted molar refractivity (Wildman–Crippen MR) is 117 cm³/mol. The molecule has 1 aromatic heterocycles. The molecule has 1 saturated heterocycles. The number of aromatic hydroxyl groups is 1. The van der Waals surface area contributed by atoms with Crippen LogP contribution in [0.5, 0.6) is 5.75 Å². The lowest BCUT2D eigenvalue weighted by molar-refractivity contribution is -0.142. The van der Waals surface area contributed by atoms with E-state index in [1.54, 1.807) is 11.0 Å². The first-order valence-corrected chi connectivity index (χ1v) is 11.5. The minimum absolute atomic E-state index is 0.0840. The van der Waals surface area contributed by atoms with Crippen LogP contribution in [0.2, 0.25) is 0 Å². The fraction of sp³-hybridized carbons (Fsp3) is 0.652. The molecule has 1 aliphatic heterocycles. The highest BCUT2D eigenvalue weighted by Crippen LogP contribution is 2.30. The minimum atomic E-state index is -0.638. The lowest BCUT2D eigenvalue weighted by Crippen LogP contribution is -2.56. The third-order valence-corrected chi connectivity index (χ3v) is 6.61. The Kier molecular flexibility index (Phi) is 7.87. The molecule has 1 saturated carbocycles. The lowest BCUT2D eigenvalue weighted by atomic mass is 9.83. The molecule has 0 bridgehead atoms. The molecule has 1 aliphatic carbocycles. The third kappa shape index (κ3) is 5.54. The molecule has 2 heterocycles. The number of rotatable bonds is 7. The first kappa shape index (κ1) is 23.0. The van der Waals surface area contributed by atoms with Gasteiger partial charge in [0.25, 0.3) is 0 Å². The van der Waals surface area contributed by atoms with E-state index in [0.717, 1.165) is 32.1 Å². The van der Waals surface area contributed by atoms with Crippen molar-refractivity contribution >= 4 is 23.5 Å². The Morgan fingerprint density at radius 2 is 1.94 bits per heavy atom. The number of aromatic nitrogens is 1. The summed E-state index contributed by atoms with van der Waals surface area (Å²) in [7, 11) is 0. The van der Waals surface area contributed by atoms with E-state index in [1.165, 1.54) is 12.3 Å². The maximum Gasteiger partial charge on any atom is 0.248 e. The zero-order chi connectivity index (χ0) is 22.4. The first-order chi connectivity index (χ1) is 14.9. The lowest BCUT2D eigenvalue weighted by Gasteiger charge is -2.35. The summed E-state index contributed by atoms with van der Waals surface area (Å²) in [5.74, 6) is -0.748. The van der Waals surface area contributed by atoms with Crippen LogP contribution in [0.4, 0.5) is 5.82 Å². The van der Waals surface area contributed by atoms with Crippen LogP contribution in [0, 0.1) is 11.8 Å². The van der Waals surface area contributed by atoms with Crippen LogP contribution in [0.3, 0.4) is 0 Å². The molecule has 0 unspecified atom stereocenters. The number of hydrogen-bond donors (Lipinski definition) is 3. The van der Waals surface area contributed by atoms with Gasteiger partial charge in [0.1, 0.15) is 12.1 Å². The molecule has 31 heavy (non-hydrogen) atoms. The maximum atomic E-state index is 13.6. The van der Waals surface area contributed by atoms with Gasteiger partial charge in [0.2, 0.25) is 17.7 Å². The number of pyridine rings is 1. The Balaban J connectivity index is 1.75. The van der Waals surface area contributed by atoms with Crippen LogP contribution >= 0.6 is 0 Å². The van der Waals surface area contributed by atoms with Crippen molar-refractivity contribution < 1.29 is 19.5 Å². The molecule has 3 N–H and O–H groups in total. The third-order valence-electron chi connectivity index (χ3n) is 6.61. The Hall–Kier alpha value is -2.64. The van der Waals surface area contributed by atoms with Crippen molar-refractivity contribution in [1.82, 2.24) is 15.2 Å². The van der Waals surface area contributed by atoms with E-state index >= 15 is 0 Å². The number of anilines is 1. The largest absolute Gasteiger partial charge is 0.504 e. The van der Waals surface area contributed by atoms with Gasteiger partial charge in [0, 0.05) is 18.7 Å². The molecule has 1 aromatic rings. The van der Waals surface area contributed by atoms with Gasteiger partial charge in [-0.25, -0.2) is 4.98 Å². The molecule has 3 amide bonds. The van der Waals surface area contributed by atoms with Gasteiger partial charge in [-0.1, -0.05) is 33.1 Å². The molecule has 0 radical (unpaired) electrons. The van der Waals surface area contributed by atoms with Gasteiger partial charge in [0.15, 0.2) is 11.6 Å². The van der Waals surface area contributed by atoms with Gasteiger partial charge < -0.3 is 20.6 Å². The van der Waals surface area contributed by atoms with Crippen LogP contribution in [0.1, 0.15) is 65.2 Å². The van der Waals surface area contributed by atoms with Gasteiger partial charge in [-0.3, -0.25) is 14.4 Å². The topological polar surface area (TPSA) is 112 Å². The highest BCUT2D eigenvalue weighted by Gasteiger charge is 2.41. The standard InChI is InChI=1S/C23H34N4O4/c1-3-15(2)21(29)25-19(16-9-5-4-6-10-16)23(31)27-14-8-11-17(27)22(30)26-20-18(28)12-7-13-24-20/h7,12-13,15-17,19,28H,3-6,8-11,14H2,1-2H3,(H,25,29)(H,24,26,30)/t15-,17+,19+/m1/s1. The number of nitrogens with zero attached hydrogens (tertiary/aromatic N) is 2. The molecular formula is C23H34N4O4. The number of carbonyl (C=O) groups is 3. The number of carbonyl (C=O) groups excluding carboxylic acids is 3. The molecule has 3 atom stereocenters. The average molecular weight is 431 g/mol. The summed E-state index contributed by atoms with van der Waals surface area (Å²) in [6, 6.07) is 1.79. The second-order valence-corrected chi connectivity index (χ2v) is 8.74. The zero-order valence-corrected chi connectivity index (χ0v) is 18.5. The van der Waals surface area contributed by atoms with Crippen molar-refractivity contribution in [2.24, 2.45) is 11.8 Å². The van der Waals surface area contributed by atoms with Crippen molar-refractivity contribution in [1.29, 1.82) is 0 Å². The predicted octanol–water partition coefficient (Wildman–Crippen LogP) is 2.83. The molecule has 8 nitrogen and oxygen atoms in total. The molecule has 170 valence electrons. The molecule has 0 aromatic carbocycles. The Bertz CT molecular complexity index is 794. The summed E-state index contributed by atoms with van der Waals surface area (Å²) in [6.07, 6.45) is 8.52. The highest BCUT2D eigenvalue weighted by molar-refractivity contribution is 5.99.